The van der Waals surface area contributed by atoms with Gasteiger partial charge < -0.3 is 14.2 Å². The van der Waals surface area contributed by atoms with Gasteiger partial charge in [-0.2, -0.15) is 0 Å². The lowest BCUT2D eigenvalue weighted by atomic mass is 10.1. The van der Waals surface area contributed by atoms with Gasteiger partial charge in [0.2, 0.25) is 0 Å². The predicted octanol–water partition coefficient (Wildman–Crippen LogP) is 22.5. The highest BCUT2D eigenvalue weighted by molar-refractivity contribution is 5.71. The molecule has 0 spiro atoms. The average molecular weight is 1140 g/mol. The van der Waals surface area contributed by atoms with Crippen LogP contribution in [0.25, 0.3) is 0 Å². The molecule has 0 aromatic carbocycles. The lowest BCUT2D eigenvalue weighted by molar-refractivity contribution is -0.167. The van der Waals surface area contributed by atoms with Gasteiger partial charge in [0.1, 0.15) is 13.2 Å². The minimum Gasteiger partial charge on any atom is -0.462 e. The van der Waals surface area contributed by atoms with E-state index in [1.807, 2.05) is 0 Å². The molecule has 0 aliphatic carbocycles. The van der Waals surface area contributed by atoms with Crippen LogP contribution in [-0.4, -0.2) is 37.2 Å². The fourth-order valence-corrected chi connectivity index (χ4v) is 7.75. The number of carbonyl (C=O) groups is 3. The van der Waals surface area contributed by atoms with Crippen molar-refractivity contribution in [1.82, 2.24) is 0 Å². The Balaban J connectivity index is 4.63. The van der Waals surface area contributed by atoms with Crippen LogP contribution in [0.1, 0.15) is 226 Å². The summed E-state index contributed by atoms with van der Waals surface area (Å²) in [7, 11) is 0. The van der Waals surface area contributed by atoms with Gasteiger partial charge in [-0.25, -0.2) is 0 Å². The minimum atomic E-state index is -0.847. The third-order valence-corrected chi connectivity index (χ3v) is 12.5. The van der Waals surface area contributed by atoms with Crippen LogP contribution >= 0.6 is 0 Å². The number of unbranched alkanes of at least 4 members (excludes halogenated alkanes) is 8. The maximum atomic E-state index is 12.9. The summed E-state index contributed by atoms with van der Waals surface area (Å²) in [6.07, 6.45) is 107. The van der Waals surface area contributed by atoms with E-state index in [2.05, 4.69) is 240 Å². The summed E-state index contributed by atoms with van der Waals surface area (Å²) < 4.78 is 16.8. The Bertz CT molecular complexity index is 2080. The topological polar surface area (TPSA) is 78.9 Å². The SMILES string of the molecule is CC/C=C\C/C=C\C/C=C\C/C=C\C/C=C\C/C=C\C/C=C\CCCCCC(=O)OCC(COC(=O)CCC/C=C\C/C=C\C/C=C\C/C=C\C/C=C\CC)OC(=O)CCCCCC/C=C\C/C=C\C/C=C\C/C=C\C/C=C\C/C=C\CC. The highest BCUT2D eigenvalue weighted by Crippen LogP contribution is 2.12. The van der Waals surface area contributed by atoms with Crippen LogP contribution in [0.5, 0.6) is 0 Å². The summed E-state index contributed by atoms with van der Waals surface area (Å²) in [5.41, 5.74) is 0. The van der Waals surface area contributed by atoms with E-state index in [0.29, 0.717) is 12.8 Å². The number of allylic oxidation sites excluding steroid dienone is 36. The molecule has 0 fully saturated rings. The van der Waals surface area contributed by atoms with Crippen molar-refractivity contribution < 1.29 is 28.6 Å². The molecule has 0 amide bonds. The maximum Gasteiger partial charge on any atom is 0.306 e. The van der Waals surface area contributed by atoms with Gasteiger partial charge in [-0.3, -0.25) is 14.4 Å². The first kappa shape index (κ1) is 76.7. The Labute approximate surface area is 508 Å². The van der Waals surface area contributed by atoms with Gasteiger partial charge in [0.05, 0.1) is 0 Å². The number of rotatable bonds is 55. The zero-order chi connectivity index (χ0) is 59.9. The Hall–Kier alpha value is -6.27. The zero-order valence-corrected chi connectivity index (χ0v) is 52.4. The molecular weight excluding hydrogens is 1020 g/mol. The summed E-state index contributed by atoms with van der Waals surface area (Å²) >= 11 is 0. The third-order valence-electron chi connectivity index (χ3n) is 12.5. The van der Waals surface area contributed by atoms with Crippen LogP contribution in [-0.2, 0) is 28.6 Å². The third kappa shape index (κ3) is 66.4. The molecule has 0 rings (SSSR count). The maximum absolute atomic E-state index is 12.9. The van der Waals surface area contributed by atoms with Gasteiger partial charge in [-0.15, -0.1) is 0 Å². The quantitative estimate of drug-likeness (QED) is 0.0261. The van der Waals surface area contributed by atoms with Crippen molar-refractivity contribution >= 4 is 17.9 Å². The molecule has 0 N–H and O–H groups in total. The minimum absolute atomic E-state index is 0.138. The molecule has 0 radical (unpaired) electrons. The molecule has 0 aromatic heterocycles. The second-order valence-corrected chi connectivity index (χ2v) is 20.2. The van der Waals surface area contributed by atoms with E-state index in [-0.39, 0.29) is 50.4 Å². The van der Waals surface area contributed by atoms with Crippen molar-refractivity contribution in [2.24, 2.45) is 0 Å². The molecule has 1 atom stereocenters. The standard InChI is InChI=1S/C77H114O6/c1-4-7-10-13-16-19-22-25-28-31-33-35-37-38-40-41-43-46-49-52-55-58-61-64-67-70-76(79)82-73-74(72-81-75(78)69-66-63-60-57-54-51-48-45-30-27-24-21-18-15-12-9-6-3)83-77(80)71-68-65-62-59-56-53-50-47-44-42-39-36-34-32-29-26-23-20-17-14-11-8-5-2/h7-12,16-21,25-30,33-36,38,40,42-44,46,48,50-53,55,57,60,74H,4-6,13-15,22-24,31-32,37,39,41,45,47,49,54,56,58-59,61-73H2,1-3H3/b10-7-,11-8-,12-9-,19-16-,20-17-,21-18-,28-25-,29-26-,30-27-,35-33-,36-34-,40-38-,44-42-,46-43-,51-48-,53-50-,55-52-,60-57-. The summed E-state index contributed by atoms with van der Waals surface area (Å²) in [4.78, 5) is 38.4. The van der Waals surface area contributed by atoms with Crippen LogP contribution < -0.4 is 0 Å². The van der Waals surface area contributed by atoms with E-state index in [0.717, 1.165) is 173 Å². The smallest absolute Gasteiger partial charge is 0.306 e. The molecule has 6 nitrogen and oxygen atoms in total. The van der Waals surface area contributed by atoms with Crippen molar-refractivity contribution in [3.05, 3.63) is 219 Å². The van der Waals surface area contributed by atoms with E-state index in [1.165, 1.54) is 0 Å². The lowest BCUT2D eigenvalue weighted by Gasteiger charge is -2.18. The molecule has 0 saturated heterocycles. The average Bonchev–Trinajstić information content (AvgIpc) is 3.49. The molecule has 1 unspecified atom stereocenters. The van der Waals surface area contributed by atoms with Crippen molar-refractivity contribution in [3.63, 3.8) is 0 Å². The van der Waals surface area contributed by atoms with Gasteiger partial charge in [0.25, 0.3) is 0 Å². The monoisotopic (exact) mass is 1130 g/mol. The van der Waals surface area contributed by atoms with Crippen LogP contribution in [0.4, 0.5) is 0 Å². The molecule has 0 aromatic rings. The number of esters is 3. The summed E-state index contributed by atoms with van der Waals surface area (Å²) in [6, 6.07) is 0. The molecule has 83 heavy (non-hydrogen) atoms. The largest absolute Gasteiger partial charge is 0.462 e. The Morgan fingerprint density at radius 2 is 0.446 bits per heavy atom. The molecule has 6 heteroatoms. The second-order valence-electron chi connectivity index (χ2n) is 20.2. The van der Waals surface area contributed by atoms with E-state index in [1.54, 1.807) is 0 Å². The molecule has 458 valence electrons. The highest BCUT2D eigenvalue weighted by Gasteiger charge is 2.19. The normalized spacial score (nSPS) is 13.6. The molecule has 0 bridgehead atoms. The van der Waals surface area contributed by atoms with E-state index >= 15 is 0 Å². The van der Waals surface area contributed by atoms with E-state index in [4.69, 9.17) is 14.2 Å². The van der Waals surface area contributed by atoms with Crippen molar-refractivity contribution in [3.8, 4) is 0 Å². The van der Waals surface area contributed by atoms with Crippen LogP contribution in [0.2, 0.25) is 0 Å². The fourth-order valence-electron chi connectivity index (χ4n) is 7.75. The molecule has 0 saturated carbocycles. The molecule has 0 heterocycles. The Morgan fingerprint density at radius 1 is 0.241 bits per heavy atom. The predicted molar refractivity (Wildman–Crippen MR) is 361 cm³/mol. The summed E-state index contributed by atoms with van der Waals surface area (Å²) in [6.45, 7) is 6.18. The number of hydrogen-bond acceptors (Lipinski definition) is 6. The second kappa shape index (κ2) is 68.2. The van der Waals surface area contributed by atoms with Gasteiger partial charge in [0.15, 0.2) is 6.10 Å². The number of carbonyl (C=O) groups excluding carboxylic acids is 3. The van der Waals surface area contributed by atoms with Gasteiger partial charge >= 0.3 is 17.9 Å². The lowest BCUT2D eigenvalue weighted by Crippen LogP contribution is -2.30. The number of ether oxygens (including phenoxy) is 3. The molecule has 0 aliphatic rings. The van der Waals surface area contributed by atoms with Crippen LogP contribution in [0.3, 0.4) is 0 Å². The van der Waals surface area contributed by atoms with E-state index in [9.17, 15) is 14.4 Å². The first-order valence-corrected chi connectivity index (χ1v) is 32.2. The number of hydrogen-bond donors (Lipinski definition) is 0. The first-order valence-electron chi connectivity index (χ1n) is 32.2. The summed E-state index contributed by atoms with van der Waals surface area (Å²) in [5, 5.41) is 0. The summed E-state index contributed by atoms with van der Waals surface area (Å²) in [5.74, 6) is -1.07. The highest BCUT2D eigenvalue weighted by atomic mass is 16.6. The van der Waals surface area contributed by atoms with Crippen molar-refractivity contribution in [1.29, 1.82) is 0 Å². The Kier molecular flexibility index (Phi) is 63.1. The van der Waals surface area contributed by atoms with Gasteiger partial charge in [-0.05, 0) is 167 Å². The van der Waals surface area contributed by atoms with E-state index < -0.39 is 6.10 Å². The van der Waals surface area contributed by atoms with Gasteiger partial charge in [-0.1, -0.05) is 259 Å². The van der Waals surface area contributed by atoms with Crippen LogP contribution in [0.15, 0.2) is 219 Å². The van der Waals surface area contributed by atoms with Crippen molar-refractivity contribution in [2.75, 3.05) is 13.2 Å². The first-order chi connectivity index (χ1) is 41.0. The molecule has 0 aliphatic heterocycles. The van der Waals surface area contributed by atoms with Crippen molar-refractivity contribution in [2.45, 2.75) is 232 Å². The van der Waals surface area contributed by atoms with Gasteiger partial charge in [0, 0.05) is 19.3 Å². The Morgan fingerprint density at radius 3 is 0.723 bits per heavy atom. The van der Waals surface area contributed by atoms with Crippen LogP contribution in [0, 0.1) is 0 Å². The zero-order valence-electron chi connectivity index (χ0n) is 52.4. The fraction of sp³-hybridized carbons (Fsp3) is 0.494. The molecular formula is C77H114O6.